The Balaban J connectivity index is 2.07. The van der Waals surface area contributed by atoms with Crippen LogP contribution in [0.25, 0.3) is 0 Å². The minimum atomic E-state index is -0.155. The number of rotatable bonds is 5. The molecule has 0 aliphatic heterocycles. The monoisotopic (exact) mass is 269 g/mol. The molecule has 1 N–H and O–H groups in total. The van der Waals surface area contributed by atoms with Gasteiger partial charge < -0.3 is 10.1 Å². The van der Waals surface area contributed by atoms with Crippen LogP contribution >= 0.6 is 0 Å². The average Bonchev–Trinajstić information content (AvgIpc) is 2.48. The van der Waals surface area contributed by atoms with E-state index in [1.54, 1.807) is 31.4 Å². The quantitative estimate of drug-likeness (QED) is 0.849. The lowest BCUT2D eigenvalue weighted by Crippen LogP contribution is -2.15. The van der Waals surface area contributed by atoms with Crippen LogP contribution in [0, 0.1) is 0 Å². The van der Waals surface area contributed by atoms with E-state index >= 15 is 0 Å². The van der Waals surface area contributed by atoms with Crippen molar-refractivity contribution in [2.24, 2.45) is 0 Å². The Morgan fingerprint density at radius 2 is 2.00 bits per heavy atom. The molecule has 0 aromatic heterocycles. The molecule has 0 radical (unpaired) electrons. The number of hydrogen-bond acceptors (Lipinski definition) is 3. The lowest BCUT2D eigenvalue weighted by Gasteiger charge is -2.09. The molecular formula is C16H15NO3. The van der Waals surface area contributed by atoms with Gasteiger partial charge in [0, 0.05) is 16.8 Å². The predicted octanol–water partition coefficient (Wildman–Crippen LogP) is 2.69. The van der Waals surface area contributed by atoms with Crippen molar-refractivity contribution in [1.82, 2.24) is 0 Å². The third-order valence-corrected chi connectivity index (χ3v) is 2.85. The maximum atomic E-state index is 12.0. The van der Waals surface area contributed by atoms with Crippen molar-refractivity contribution in [2.45, 2.75) is 6.42 Å². The second-order valence-corrected chi connectivity index (χ2v) is 4.28. The highest BCUT2D eigenvalue weighted by molar-refractivity contribution is 5.93. The number of methoxy groups -OCH3 is 1. The summed E-state index contributed by atoms with van der Waals surface area (Å²) in [5, 5.41) is 2.76. The van der Waals surface area contributed by atoms with Crippen LogP contribution in [0.3, 0.4) is 0 Å². The van der Waals surface area contributed by atoms with E-state index in [0.717, 1.165) is 11.8 Å². The number of nitrogens with one attached hydrogen (secondary N) is 1. The van der Waals surface area contributed by atoms with Gasteiger partial charge in [-0.2, -0.15) is 0 Å². The molecule has 2 aromatic carbocycles. The van der Waals surface area contributed by atoms with Gasteiger partial charge in [-0.25, -0.2) is 0 Å². The Hall–Kier alpha value is -2.62. The predicted molar refractivity (Wildman–Crippen MR) is 77.2 cm³/mol. The molecule has 0 aliphatic rings. The molecule has 0 fully saturated rings. The summed E-state index contributed by atoms with van der Waals surface area (Å²) < 4.78 is 5.21. The second kappa shape index (κ2) is 6.52. The molecular weight excluding hydrogens is 254 g/mol. The maximum absolute atomic E-state index is 12.0. The summed E-state index contributed by atoms with van der Waals surface area (Å²) in [5.41, 5.74) is 1.95. The molecule has 0 saturated carbocycles. The van der Waals surface area contributed by atoms with Gasteiger partial charge in [-0.15, -0.1) is 0 Å². The Morgan fingerprint density at radius 1 is 1.20 bits per heavy atom. The van der Waals surface area contributed by atoms with Crippen LogP contribution in [0.1, 0.15) is 15.9 Å². The van der Waals surface area contributed by atoms with Gasteiger partial charge in [0.05, 0.1) is 13.5 Å². The number of ether oxygens (including phenoxy) is 1. The highest BCUT2D eigenvalue weighted by atomic mass is 16.5. The van der Waals surface area contributed by atoms with Crippen LogP contribution in [0.4, 0.5) is 5.69 Å². The fourth-order valence-corrected chi connectivity index (χ4v) is 1.92. The standard InChI is InChI=1S/C16H15NO3/c1-20-15-8-3-2-6-13(15)10-16(19)17-14-7-4-5-12(9-14)11-18/h2-9,11H,10H2,1H3,(H,17,19). The number of benzene rings is 2. The first-order valence-corrected chi connectivity index (χ1v) is 6.20. The van der Waals surface area contributed by atoms with Gasteiger partial charge in [-0.1, -0.05) is 30.3 Å². The van der Waals surface area contributed by atoms with Crippen molar-refractivity contribution in [2.75, 3.05) is 12.4 Å². The fourth-order valence-electron chi connectivity index (χ4n) is 1.92. The molecule has 0 atom stereocenters. The lowest BCUT2D eigenvalue weighted by atomic mass is 10.1. The summed E-state index contributed by atoms with van der Waals surface area (Å²) in [6.07, 6.45) is 0.964. The first-order valence-electron chi connectivity index (χ1n) is 6.20. The topological polar surface area (TPSA) is 55.4 Å². The fraction of sp³-hybridized carbons (Fsp3) is 0.125. The highest BCUT2D eigenvalue weighted by Crippen LogP contribution is 2.18. The molecule has 4 heteroatoms. The van der Waals surface area contributed by atoms with Crippen molar-refractivity contribution < 1.29 is 14.3 Å². The van der Waals surface area contributed by atoms with E-state index in [1.807, 2.05) is 24.3 Å². The van der Waals surface area contributed by atoms with Gasteiger partial charge in [0.15, 0.2) is 0 Å². The molecule has 0 unspecified atom stereocenters. The van der Waals surface area contributed by atoms with E-state index in [2.05, 4.69) is 5.32 Å². The average molecular weight is 269 g/mol. The highest BCUT2D eigenvalue weighted by Gasteiger charge is 2.08. The normalized spacial score (nSPS) is 9.85. The summed E-state index contributed by atoms with van der Waals surface area (Å²) in [6, 6.07) is 14.2. The van der Waals surface area contributed by atoms with Gasteiger partial charge >= 0.3 is 0 Å². The van der Waals surface area contributed by atoms with Crippen LogP contribution in [-0.4, -0.2) is 19.3 Å². The van der Waals surface area contributed by atoms with E-state index in [4.69, 9.17) is 4.74 Å². The number of aldehydes is 1. The van der Waals surface area contributed by atoms with Gasteiger partial charge in [0.1, 0.15) is 12.0 Å². The number of carbonyl (C=O) groups excluding carboxylic acids is 2. The first kappa shape index (κ1) is 13.8. The molecule has 2 rings (SSSR count). The van der Waals surface area contributed by atoms with E-state index in [0.29, 0.717) is 17.0 Å². The minimum absolute atomic E-state index is 0.155. The van der Waals surface area contributed by atoms with E-state index in [-0.39, 0.29) is 12.3 Å². The van der Waals surface area contributed by atoms with Crippen molar-refractivity contribution in [3.05, 3.63) is 59.7 Å². The largest absolute Gasteiger partial charge is 0.496 e. The zero-order valence-corrected chi connectivity index (χ0v) is 11.1. The van der Waals surface area contributed by atoms with Gasteiger partial charge in [0.25, 0.3) is 0 Å². The number of carbonyl (C=O) groups is 2. The summed E-state index contributed by atoms with van der Waals surface area (Å²) in [6.45, 7) is 0. The molecule has 0 heterocycles. The van der Waals surface area contributed by atoms with Crippen LogP contribution in [-0.2, 0) is 11.2 Å². The second-order valence-electron chi connectivity index (χ2n) is 4.28. The molecule has 20 heavy (non-hydrogen) atoms. The van der Waals surface area contributed by atoms with Gasteiger partial charge in [0.2, 0.25) is 5.91 Å². The van der Waals surface area contributed by atoms with Crippen LogP contribution < -0.4 is 10.1 Å². The van der Waals surface area contributed by atoms with Crippen LogP contribution in [0.15, 0.2) is 48.5 Å². The van der Waals surface area contributed by atoms with E-state index < -0.39 is 0 Å². The Labute approximate surface area is 117 Å². The van der Waals surface area contributed by atoms with Gasteiger partial charge in [-0.05, 0) is 18.2 Å². The van der Waals surface area contributed by atoms with Crippen molar-refractivity contribution in [1.29, 1.82) is 0 Å². The Morgan fingerprint density at radius 3 is 2.75 bits per heavy atom. The minimum Gasteiger partial charge on any atom is -0.496 e. The zero-order valence-electron chi connectivity index (χ0n) is 11.1. The molecule has 102 valence electrons. The number of amides is 1. The number of para-hydroxylation sites is 1. The summed E-state index contributed by atoms with van der Waals surface area (Å²) >= 11 is 0. The molecule has 1 amide bonds. The molecule has 0 aliphatic carbocycles. The maximum Gasteiger partial charge on any atom is 0.228 e. The lowest BCUT2D eigenvalue weighted by molar-refractivity contribution is -0.115. The zero-order chi connectivity index (χ0) is 14.4. The Kier molecular flexibility index (Phi) is 4.50. The summed E-state index contributed by atoms with van der Waals surface area (Å²) in [4.78, 5) is 22.7. The smallest absolute Gasteiger partial charge is 0.228 e. The Bertz CT molecular complexity index is 623. The summed E-state index contributed by atoms with van der Waals surface area (Å²) in [5.74, 6) is 0.529. The number of anilines is 1. The third-order valence-electron chi connectivity index (χ3n) is 2.85. The van der Waals surface area contributed by atoms with E-state index in [9.17, 15) is 9.59 Å². The molecule has 2 aromatic rings. The SMILES string of the molecule is COc1ccccc1CC(=O)Nc1cccc(C=O)c1. The van der Waals surface area contributed by atoms with Crippen molar-refractivity contribution >= 4 is 17.9 Å². The molecule has 0 saturated heterocycles. The van der Waals surface area contributed by atoms with Gasteiger partial charge in [-0.3, -0.25) is 9.59 Å². The van der Waals surface area contributed by atoms with Crippen LogP contribution in [0.2, 0.25) is 0 Å². The summed E-state index contributed by atoms with van der Waals surface area (Å²) in [7, 11) is 1.57. The molecule has 4 nitrogen and oxygen atoms in total. The number of hydrogen-bond donors (Lipinski definition) is 1. The van der Waals surface area contributed by atoms with Crippen molar-refractivity contribution in [3.63, 3.8) is 0 Å². The third kappa shape index (κ3) is 3.45. The van der Waals surface area contributed by atoms with Crippen LogP contribution in [0.5, 0.6) is 5.75 Å². The molecule has 0 spiro atoms. The van der Waals surface area contributed by atoms with E-state index in [1.165, 1.54) is 0 Å². The first-order chi connectivity index (χ1) is 9.72. The molecule has 0 bridgehead atoms. The van der Waals surface area contributed by atoms with Crippen molar-refractivity contribution in [3.8, 4) is 5.75 Å².